The smallest absolute Gasteiger partial charge is 0.370 e. The summed E-state index contributed by atoms with van der Waals surface area (Å²) in [7, 11) is 0. The predicted molar refractivity (Wildman–Crippen MR) is 70.9 cm³/mol. The van der Waals surface area contributed by atoms with Gasteiger partial charge < -0.3 is 10.1 Å². The second kappa shape index (κ2) is 5.91. The zero-order chi connectivity index (χ0) is 15.6. The van der Waals surface area contributed by atoms with E-state index in [0.29, 0.717) is 19.0 Å². The van der Waals surface area contributed by atoms with Crippen LogP contribution in [0.2, 0.25) is 0 Å². The van der Waals surface area contributed by atoms with Crippen molar-refractivity contribution in [1.82, 2.24) is 20.2 Å². The molecule has 2 aromatic heterocycles. The molecule has 2 atom stereocenters. The Hall–Kier alpha value is -2.16. The molecule has 0 saturated carbocycles. The minimum absolute atomic E-state index is 0.00367. The average Bonchev–Trinajstić information content (AvgIpc) is 3.15. The molecular formula is C13H14F3N5O. The number of nitrogens with zero attached hydrogens (tertiary/aromatic N) is 3. The van der Waals surface area contributed by atoms with Crippen LogP contribution in [0.25, 0.3) is 0 Å². The monoisotopic (exact) mass is 313 g/mol. The fraction of sp³-hybridized carbons (Fsp3) is 0.462. The Morgan fingerprint density at radius 2 is 2.23 bits per heavy atom. The van der Waals surface area contributed by atoms with E-state index in [1.165, 1.54) is 18.6 Å². The van der Waals surface area contributed by atoms with Gasteiger partial charge in [0.2, 0.25) is 0 Å². The van der Waals surface area contributed by atoms with Crippen LogP contribution in [0.5, 0.6) is 0 Å². The lowest BCUT2D eigenvalue weighted by atomic mass is 10.0. The summed E-state index contributed by atoms with van der Waals surface area (Å²) in [6, 6.07) is 2.28. The van der Waals surface area contributed by atoms with Gasteiger partial charge in [-0.3, -0.25) is 5.10 Å². The van der Waals surface area contributed by atoms with E-state index in [1.807, 2.05) is 0 Å². The topological polar surface area (TPSA) is 75.7 Å². The van der Waals surface area contributed by atoms with E-state index in [1.54, 1.807) is 0 Å². The number of H-pyrrole nitrogens is 1. The standard InChI is InChI=1S/C13H14F3N5O/c14-13(15,16)9-2-1-4-17-11(9)18-6-8-3-5-22-10(8)12-19-7-20-21-12/h1-2,4,7-8,10H,3,5-6H2,(H,17,18)(H,19,20,21)/t8-,10-/m0/s1. The number of nitrogens with one attached hydrogen (secondary N) is 2. The van der Waals surface area contributed by atoms with E-state index in [0.717, 1.165) is 12.5 Å². The second-order valence-electron chi connectivity index (χ2n) is 4.99. The second-order valence-corrected chi connectivity index (χ2v) is 4.99. The molecule has 118 valence electrons. The molecule has 1 aliphatic heterocycles. The fourth-order valence-corrected chi connectivity index (χ4v) is 2.50. The van der Waals surface area contributed by atoms with Crippen LogP contribution < -0.4 is 5.32 Å². The van der Waals surface area contributed by atoms with Gasteiger partial charge in [0.05, 0.1) is 5.56 Å². The molecule has 0 radical (unpaired) electrons. The van der Waals surface area contributed by atoms with Gasteiger partial charge in [0, 0.05) is 25.3 Å². The summed E-state index contributed by atoms with van der Waals surface area (Å²) in [6.07, 6.45) is -1.30. The third-order valence-corrected chi connectivity index (χ3v) is 3.56. The number of ether oxygens (including phenoxy) is 1. The van der Waals surface area contributed by atoms with Crippen molar-refractivity contribution >= 4 is 5.82 Å². The first-order valence-corrected chi connectivity index (χ1v) is 6.78. The molecule has 9 heteroatoms. The molecule has 1 saturated heterocycles. The number of hydrogen-bond acceptors (Lipinski definition) is 5. The highest BCUT2D eigenvalue weighted by molar-refractivity contribution is 5.45. The number of pyridine rings is 1. The largest absolute Gasteiger partial charge is 0.419 e. The van der Waals surface area contributed by atoms with Crippen LogP contribution in [0.1, 0.15) is 23.9 Å². The maximum Gasteiger partial charge on any atom is 0.419 e. The van der Waals surface area contributed by atoms with Gasteiger partial charge in [-0.25, -0.2) is 9.97 Å². The number of halogens is 3. The number of aromatic amines is 1. The van der Waals surface area contributed by atoms with E-state index >= 15 is 0 Å². The van der Waals surface area contributed by atoms with Crippen molar-refractivity contribution in [2.24, 2.45) is 5.92 Å². The van der Waals surface area contributed by atoms with Crippen LogP contribution in [0.3, 0.4) is 0 Å². The molecule has 22 heavy (non-hydrogen) atoms. The minimum atomic E-state index is -4.44. The normalized spacial score (nSPS) is 22.0. The van der Waals surface area contributed by atoms with Crippen LogP contribution in [0.15, 0.2) is 24.7 Å². The Bertz CT molecular complexity index is 616. The van der Waals surface area contributed by atoms with Crippen LogP contribution in [0.4, 0.5) is 19.0 Å². The highest BCUT2D eigenvalue weighted by atomic mass is 19.4. The summed E-state index contributed by atoms with van der Waals surface area (Å²) in [4.78, 5) is 7.83. The van der Waals surface area contributed by atoms with E-state index in [-0.39, 0.29) is 17.8 Å². The molecule has 0 aliphatic carbocycles. The summed E-state index contributed by atoms with van der Waals surface area (Å²) in [6.45, 7) is 0.845. The lowest BCUT2D eigenvalue weighted by Gasteiger charge is -2.19. The molecule has 0 amide bonds. The zero-order valence-corrected chi connectivity index (χ0v) is 11.5. The van der Waals surface area contributed by atoms with Crippen molar-refractivity contribution in [3.8, 4) is 0 Å². The third kappa shape index (κ3) is 3.03. The molecular weight excluding hydrogens is 299 g/mol. The first kappa shape index (κ1) is 14.8. The summed E-state index contributed by atoms with van der Waals surface area (Å²) < 4.78 is 44.3. The van der Waals surface area contributed by atoms with Crippen molar-refractivity contribution in [3.63, 3.8) is 0 Å². The summed E-state index contributed by atoms with van der Waals surface area (Å²) in [5, 5.41) is 9.28. The SMILES string of the molecule is FC(F)(F)c1cccnc1NC[C@@H]1CCO[C@@H]1c1ncn[nH]1. The van der Waals surface area contributed by atoms with E-state index in [9.17, 15) is 13.2 Å². The maximum atomic E-state index is 12.9. The van der Waals surface area contributed by atoms with Crippen molar-refractivity contribution < 1.29 is 17.9 Å². The molecule has 3 rings (SSSR count). The Kier molecular flexibility index (Phi) is 3.97. The van der Waals surface area contributed by atoms with Gasteiger partial charge in [-0.2, -0.15) is 18.3 Å². The summed E-state index contributed by atoms with van der Waals surface area (Å²) in [5.41, 5.74) is -0.773. The Labute approximate surface area is 124 Å². The first-order chi connectivity index (χ1) is 10.6. The first-order valence-electron chi connectivity index (χ1n) is 6.78. The minimum Gasteiger partial charge on any atom is -0.370 e. The molecule has 0 bridgehead atoms. The molecule has 6 nitrogen and oxygen atoms in total. The predicted octanol–water partition coefficient (Wildman–Crippen LogP) is 2.41. The van der Waals surface area contributed by atoms with Gasteiger partial charge in [-0.1, -0.05) is 0 Å². The average molecular weight is 313 g/mol. The third-order valence-electron chi connectivity index (χ3n) is 3.56. The molecule has 0 spiro atoms. The van der Waals surface area contributed by atoms with Gasteiger partial charge in [0.1, 0.15) is 18.2 Å². The molecule has 2 N–H and O–H groups in total. The van der Waals surface area contributed by atoms with Gasteiger partial charge >= 0.3 is 6.18 Å². The van der Waals surface area contributed by atoms with Crippen molar-refractivity contribution in [3.05, 3.63) is 36.0 Å². The van der Waals surface area contributed by atoms with E-state index in [2.05, 4.69) is 25.5 Å². The molecule has 1 fully saturated rings. The zero-order valence-electron chi connectivity index (χ0n) is 11.5. The number of anilines is 1. The summed E-state index contributed by atoms with van der Waals surface area (Å²) in [5.74, 6) is 0.413. The van der Waals surface area contributed by atoms with Gasteiger partial charge in [0.25, 0.3) is 0 Å². The van der Waals surface area contributed by atoms with Gasteiger partial charge in [0.15, 0.2) is 5.82 Å². The number of rotatable bonds is 4. The van der Waals surface area contributed by atoms with E-state index < -0.39 is 11.7 Å². The van der Waals surface area contributed by atoms with Crippen LogP contribution in [-0.4, -0.2) is 33.3 Å². The van der Waals surface area contributed by atoms with Crippen molar-refractivity contribution in [2.45, 2.75) is 18.7 Å². The van der Waals surface area contributed by atoms with E-state index in [4.69, 9.17) is 4.74 Å². The van der Waals surface area contributed by atoms with Crippen molar-refractivity contribution in [2.75, 3.05) is 18.5 Å². The van der Waals surface area contributed by atoms with Gasteiger partial charge in [-0.15, -0.1) is 0 Å². The Morgan fingerprint density at radius 1 is 1.36 bits per heavy atom. The molecule has 2 aromatic rings. The molecule has 0 aromatic carbocycles. The number of aromatic nitrogens is 4. The Morgan fingerprint density at radius 3 is 2.95 bits per heavy atom. The number of alkyl halides is 3. The lowest BCUT2D eigenvalue weighted by molar-refractivity contribution is -0.137. The van der Waals surface area contributed by atoms with Crippen LogP contribution in [0, 0.1) is 5.92 Å². The highest BCUT2D eigenvalue weighted by Crippen LogP contribution is 2.35. The van der Waals surface area contributed by atoms with Crippen LogP contribution >= 0.6 is 0 Å². The quantitative estimate of drug-likeness (QED) is 0.906. The fourth-order valence-electron chi connectivity index (χ4n) is 2.50. The molecule has 3 heterocycles. The maximum absolute atomic E-state index is 12.9. The molecule has 1 aliphatic rings. The Balaban J connectivity index is 1.70. The van der Waals surface area contributed by atoms with Crippen LogP contribution in [-0.2, 0) is 10.9 Å². The van der Waals surface area contributed by atoms with Crippen molar-refractivity contribution in [1.29, 1.82) is 0 Å². The molecule has 0 unspecified atom stereocenters. The highest BCUT2D eigenvalue weighted by Gasteiger charge is 2.35. The number of hydrogen-bond donors (Lipinski definition) is 2. The summed E-state index contributed by atoms with van der Waals surface area (Å²) >= 11 is 0. The van der Waals surface area contributed by atoms with Gasteiger partial charge in [-0.05, 0) is 18.6 Å². The lowest BCUT2D eigenvalue weighted by Crippen LogP contribution is -2.21.